The van der Waals surface area contributed by atoms with Gasteiger partial charge in [-0.2, -0.15) is 0 Å². The molecular formula is C19H20BrNO3. The summed E-state index contributed by atoms with van der Waals surface area (Å²) in [5.74, 6) is 1.13. The molecule has 1 N–H and O–H groups in total. The van der Waals surface area contributed by atoms with Gasteiger partial charge in [-0.3, -0.25) is 4.79 Å². The van der Waals surface area contributed by atoms with E-state index in [4.69, 9.17) is 9.47 Å². The van der Waals surface area contributed by atoms with Crippen molar-refractivity contribution < 1.29 is 14.3 Å². The zero-order valence-electron chi connectivity index (χ0n) is 13.9. The maximum Gasteiger partial charge on any atom is 0.248 e. The van der Waals surface area contributed by atoms with Crippen molar-refractivity contribution in [2.45, 2.75) is 20.0 Å². The van der Waals surface area contributed by atoms with Gasteiger partial charge in [0.2, 0.25) is 5.91 Å². The second-order valence-corrected chi connectivity index (χ2v) is 6.32. The number of hydrogen-bond acceptors (Lipinski definition) is 3. The van der Waals surface area contributed by atoms with Crippen LogP contribution in [0.3, 0.4) is 0 Å². The lowest BCUT2D eigenvalue weighted by Crippen LogP contribution is -2.07. The normalized spacial score (nSPS) is 10.9. The molecule has 0 saturated heterocycles. The SMILES string of the molecule is COc1cc(/C=C/C(=O)Nc2ccc(Br)cc2)ccc1OC(C)C. The molecule has 0 aliphatic rings. The topological polar surface area (TPSA) is 47.6 Å². The molecule has 24 heavy (non-hydrogen) atoms. The molecule has 0 radical (unpaired) electrons. The largest absolute Gasteiger partial charge is 0.493 e. The minimum absolute atomic E-state index is 0.0666. The average Bonchev–Trinajstić information content (AvgIpc) is 2.55. The van der Waals surface area contributed by atoms with Crippen LogP contribution >= 0.6 is 15.9 Å². The number of methoxy groups -OCH3 is 1. The number of halogens is 1. The predicted octanol–water partition coefficient (Wildman–Crippen LogP) is 4.90. The molecule has 0 aromatic heterocycles. The van der Waals surface area contributed by atoms with Gasteiger partial charge >= 0.3 is 0 Å². The van der Waals surface area contributed by atoms with Crippen LogP contribution in [0.25, 0.3) is 6.08 Å². The fourth-order valence-corrected chi connectivity index (χ4v) is 2.29. The molecular weight excluding hydrogens is 370 g/mol. The van der Waals surface area contributed by atoms with Crippen LogP contribution < -0.4 is 14.8 Å². The molecule has 0 fully saturated rings. The first-order chi connectivity index (χ1) is 11.5. The summed E-state index contributed by atoms with van der Waals surface area (Å²) in [5, 5.41) is 2.80. The van der Waals surface area contributed by atoms with E-state index in [0.29, 0.717) is 11.5 Å². The molecule has 4 nitrogen and oxygen atoms in total. The number of rotatable bonds is 6. The Morgan fingerprint density at radius 3 is 2.46 bits per heavy atom. The zero-order valence-corrected chi connectivity index (χ0v) is 15.5. The van der Waals surface area contributed by atoms with Gasteiger partial charge in [0.15, 0.2) is 11.5 Å². The minimum atomic E-state index is -0.196. The van der Waals surface area contributed by atoms with Gasteiger partial charge in [0, 0.05) is 16.2 Å². The molecule has 0 bridgehead atoms. The summed E-state index contributed by atoms with van der Waals surface area (Å²) in [5.41, 5.74) is 1.60. The van der Waals surface area contributed by atoms with Gasteiger partial charge in [-0.1, -0.05) is 22.0 Å². The Hall–Kier alpha value is -2.27. The molecule has 1 amide bonds. The predicted molar refractivity (Wildman–Crippen MR) is 101 cm³/mol. The van der Waals surface area contributed by atoms with Crippen molar-refractivity contribution in [2.75, 3.05) is 12.4 Å². The molecule has 0 aliphatic carbocycles. The van der Waals surface area contributed by atoms with Crippen LogP contribution in [-0.2, 0) is 4.79 Å². The number of carbonyl (C=O) groups is 1. The first kappa shape index (κ1) is 18.1. The Balaban J connectivity index is 2.05. The number of benzene rings is 2. The van der Waals surface area contributed by atoms with E-state index in [1.807, 2.05) is 56.3 Å². The highest BCUT2D eigenvalue weighted by Gasteiger charge is 2.06. The van der Waals surface area contributed by atoms with Gasteiger partial charge < -0.3 is 14.8 Å². The van der Waals surface area contributed by atoms with Crippen molar-refractivity contribution in [3.05, 3.63) is 58.6 Å². The van der Waals surface area contributed by atoms with Gasteiger partial charge in [0.1, 0.15) is 0 Å². The van der Waals surface area contributed by atoms with Crippen LogP contribution in [0.1, 0.15) is 19.4 Å². The van der Waals surface area contributed by atoms with E-state index in [-0.39, 0.29) is 12.0 Å². The van der Waals surface area contributed by atoms with Gasteiger partial charge in [-0.05, 0) is 61.9 Å². The van der Waals surface area contributed by atoms with E-state index in [2.05, 4.69) is 21.2 Å². The van der Waals surface area contributed by atoms with Gasteiger partial charge in [0.25, 0.3) is 0 Å². The van der Waals surface area contributed by atoms with Gasteiger partial charge in [0.05, 0.1) is 13.2 Å². The summed E-state index contributed by atoms with van der Waals surface area (Å²) >= 11 is 3.36. The van der Waals surface area contributed by atoms with Crippen molar-refractivity contribution in [2.24, 2.45) is 0 Å². The number of nitrogens with one attached hydrogen (secondary N) is 1. The molecule has 2 rings (SSSR count). The van der Waals surface area contributed by atoms with E-state index in [1.165, 1.54) is 6.08 Å². The fourth-order valence-electron chi connectivity index (χ4n) is 2.03. The van der Waals surface area contributed by atoms with E-state index in [1.54, 1.807) is 13.2 Å². The molecule has 0 aliphatic heterocycles. The fraction of sp³-hybridized carbons (Fsp3) is 0.211. The van der Waals surface area contributed by atoms with Crippen molar-refractivity contribution in [3.8, 4) is 11.5 Å². The molecule has 126 valence electrons. The number of amides is 1. The molecule has 0 atom stereocenters. The Morgan fingerprint density at radius 2 is 1.83 bits per heavy atom. The maximum atomic E-state index is 12.0. The molecule has 2 aromatic rings. The third-order valence-corrected chi connectivity index (χ3v) is 3.62. The molecule has 2 aromatic carbocycles. The summed E-state index contributed by atoms with van der Waals surface area (Å²) in [7, 11) is 1.59. The smallest absolute Gasteiger partial charge is 0.248 e. The lowest BCUT2D eigenvalue weighted by molar-refractivity contribution is -0.111. The summed E-state index contributed by atoms with van der Waals surface area (Å²) < 4.78 is 12.0. The number of hydrogen-bond donors (Lipinski definition) is 1. The lowest BCUT2D eigenvalue weighted by Gasteiger charge is -2.13. The highest BCUT2D eigenvalue weighted by atomic mass is 79.9. The number of ether oxygens (including phenoxy) is 2. The minimum Gasteiger partial charge on any atom is -0.493 e. The average molecular weight is 390 g/mol. The van der Waals surface area contributed by atoms with Crippen LogP contribution in [0.2, 0.25) is 0 Å². The van der Waals surface area contributed by atoms with Crippen molar-refractivity contribution in [1.82, 2.24) is 0 Å². The second kappa shape index (κ2) is 8.55. The van der Waals surface area contributed by atoms with Crippen LogP contribution in [-0.4, -0.2) is 19.1 Å². The van der Waals surface area contributed by atoms with Gasteiger partial charge in [-0.25, -0.2) is 0 Å². The van der Waals surface area contributed by atoms with Crippen LogP contribution in [0.4, 0.5) is 5.69 Å². The summed E-state index contributed by atoms with van der Waals surface area (Å²) in [6, 6.07) is 13.0. The van der Waals surface area contributed by atoms with Crippen molar-refractivity contribution in [1.29, 1.82) is 0 Å². The third kappa shape index (κ3) is 5.42. The van der Waals surface area contributed by atoms with E-state index >= 15 is 0 Å². The standard InChI is InChI=1S/C19H20BrNO3/c1-13(2)24-17-10-4-14(12-18(17)23-3)5-11-19(22)21-16-8-6-15(20)7-9-16/h4-13H,1-3H3,(H,21,22)/b11-5+. The molecule has 0 unspecified atom stereocenters. The molecule has 0 spiro atoms. The Bertz CT molecular complexity index is 724. The van der Waals surface area contributed by atoms with Crippen LogP contribution in [0.5, 0.6) is 11.5 Å². The molecule has 0 saturated carbocycles. The number of anilines is 1. The Kier molecular flexibility index (Phi) is 6.44. The van der Waals surface area contributed by atoms with Crippen molar-refractivity contribution in [3.63, 3.8) is 0 Å². The van der Waals surface area contributed by atoms with Gasteiger partial charge in [-0.15, -0.1) is 0 Å². The van der Waals surface area contributed by atoms with Crippen LogP contribution in [0, 0.1) is 0 Å². The highest BCUT2D eigenvalue weighted by molar-refractivity contribution is 9.10. The van der Waals surface area contributed by atoms with Crippen LogP contribution in [0.15, 0.2) is 53.0 Å². The highest BCUT2D eigenvalue weighted by Crippen LogP contribution is 2.29. The van der Waals surface area contributed by atoms with E-state index < -0.39 is 0 Å². The summed E-state index contributed by atoms with van der Waals surface area (Å²) in [4.78, 5) is 12.0. The first-order valence-electron chi connectivity index (χ1n) is 7.57. The zero-order chi connectivity index (χ0) is 17.5. The van der Waals surface area contributed by atoms with E-state index in [9.17, 15) is 4.79 Å². The Morgan fingerprint density at radius 1 is 1.12 bits per heavy atom. The second-order valence-electron chi connectivity index (χ2n) is 5.41. The van der Waals surface area contributed by atoms with Crippen molar-refractivity contribution >= 4 is 33.6 Å². The third-order valence-electron chi connectivity index (χ3n) is 3.09. The first-order valence-corrected chi connectivity index (χ1v) is 8.36. The van der Waals surface area contributed by atoms with E-state index in [0.717, 1.165) is 15.7 Å². The number of carbonyl (C=O) groups excluding carboxylic acids is 1. The molecule has 0 heterocycles. The molecule has 5 heteroatoms. The summed E-state index contributed by atoms with van der Waals surface area (Å²) in [6.07, 6.45) is 3.28. The Labute approximate surface area is 150 Å². The quantitative estimate of drug-likeness (QED) is 0.714. The summed E-state index contributed by atoms with van der Waals surface area (Å²) in [6.45, 7) is 3.92. The monoisotopic (exact) mass is 389 g/mol. The lowest BCUT2D eigenvalue weighted by atomic mass is 10.2. The maximum absolute atomic E-state index is 12.0.